The predicted octanol–water partition coefficient (Wildman–Crippen LogP) is 6.05. The molecule has 0 atom stereocenters. The van der Waals surface area contributed by atoms with Crippen molar-refractivity contribution in [3.05, 3.63) is 90.1 Å². The summed E-state index contributed by atoms with van der Waals surface area (Å²) in [5.41, 5.74) is 4.84. The summed E-state index contributed by atoms with van der Waals surface area (Å²) < 4.78 is 9.15. The molecule has 0 fully saturated rings. The van der Waals surface area contributed by atoms with E-state index in [0.717, 1.165) is 32.2 Å². The Hall–Kier alpha value is -3.97. The number of benzene rings is 3. The van der Waals surface area contributed by atoms with Crippen LogP contribution < -0.4 is 4.90 Å². The standard InChI is InChI=1S/C27H21N3O3S/c1-3-33-27(32)17-16-22(29-19-11-5-4-10-18(19)28(2)25(17)29)26(31)30-20-12-6-8-14-23(20)34-24-15-9-7-13-21(24)30/h4-16H,3H2,1-2H3. The van der Waals surface area contributed by atoms with Gasteiger partial charge in [0.05, 0.1) is 29.0 Å². The van der Waals surface area contributed by atoms with E-state index in [1.807, 2.05) is 88.8 Å². The Morgan fingerprint density at radius 1 is 0.853 bits per heavy atom. The maximum absolute atomic E-state index is 14.3. The number of carbonyl (C=O) groups is 2. The summed E-state index contributed by atoms with van der Waals surface area (Å²) in [6, 6.07) is 25.2. The third-order valence-corrected chi connectivity index (χ3v) is 7.26. The van der Waals surface area contributed by atoms with E-state index in [9.17, 15) is 9.59 Å². The number of anilines is 2. The van der Waals surface area contributed by atoms with Crippen molar-refractivity contribution in [2.24, 2.45) is 7.05 Å². The van der Waals surface area contributed by atoms with Gasteiger partial charge in [-0.2, -0.15) is 0 Å². The number of amides is 1. The molecule has 0 radical (unpaired) electrons. The molecule has 2 aromatic heterocycles. The fraction of sp³-hybridized carbons (Fsp3) is 0.111. The topological polar surface area (TPSA) is 56.0 Å². The molecule has 5 aromatic rings. The monoisotopic (exact) mass is 467 g/mol. The molecular formula is C27H21N3O3S. The van der Waals surface area contributed by atoms with E-state index in [0.29, 0.717) is 16.9 Å². The molecule has 1 aliphatic heterocycles. The summed E-state index contributed by atoms with van der Waals surface area (Å²) in [6.07, 6.45) is 0. The second kappa shape index (κ2) is 7.81. The van der Waals surface area contributed by atoms with Gasteiger partial charge in [-0.3, -0.25) is 14.1 Å². The smallest absolute Gasteiger partial charge is 0.341 e. The van der Waals surface area contributed by atoms with E-state index in [2.05, 4.69) is 0 Å². The molecule has 0 saturated heterocycles. The molecule has 0 N–H and O–H groups in total. The number of esters is 1. The minimum absolute atomic E-state index is 0.206. The van der Waals surface area contributed by atoms with Crippen molar-refractivity contribution >= 4 is 51.7 Å². The second-order valence-electron chi connectivity index (χ2n) is 8.05. The number of aromatic nitrogens is 2. The highest BCUT2D eigenvalue weighted by atomic mass is 32.2. The summed E-state index contributed by atoms with van der Waals surface area (Å²) in [7, 11) is 1.90. The van der Waals surface area contributed by atoms with Gasteiger partial charge < -0.3 is 9.30 Å². The fourth-order valence-electron chi connectivity index (χ4n) is 4.68. The molecule has 0 spiro atoms. The molecule has 3 aromatic carbocycles. The number of rotatable bonds is 3. The average molecular weight is 468 g/mol. The molecule has 0 saturated carbocycles. The molecule has 34 heavy (non-hydrogen) atoms. The van der Waals surface area contributed by atoms with Crippen molar-refractivity contribution in [1.29, 1.82) is 0 Å². The molecule has 7 heteroatoms. The molecule has 6 rings (SSSR count). The van der Waals surface area contributed by atoms with E-state index in [1.54, 1.807) is 29.7 Å². The normalized spacial score (nSPS) is 12.6. The number of ether oxygens (including phenoxy) is 1. The van der Waals surface area contributed by atoms with E-state index in [1.165, 1.54) is 0 Å². The Morgan fingerprint density at radius 3 is 2.09 bits per heavy atom. The first-order chi connectivity index (χ1) is 16.6. The van der Waals surface area contributed by atoms with Crippen LogP contribution in [0.4, 0.5) is 11.4 Å². The highest BCUT2D eigenvalue weighted by Crippen LogP contribution is 2.48. The quantitative estimate of drug-likeness (QED) is 0.303. The molecular weight excluding hydrogens is 446 g/mol. The Bertz CT molecular complexity index is 1570. The summed E-state index contributed by atoms with van der Waals surface area (Å²) >= 11 is 1.65. The van der Waals surface area contributed by atoms with Gasteiger partial charge in [0.15, 0.2) is 0 Å². The summed E-state index contributed by atoms with van der Waals surface area (Å²) in [6.45, 7) is 2.03. The summed E-state index contributed by atoms with van der Waals surface area (Å²) in [5.74, 6) is -0.651. The number of hydrogen-bond donors (Lipinski definition) is 0. The zero-order valence-electron chi connectivity index (χ0n) is 18.7. The third-order valence-electron chi connectivity index (χ3n) is 6.13. The van der Waals surface area contributed by atoms with Crippen molar-refractivity contribution in [3.8, 4) is 0 Å². The van der Waals surface area contributed by atoms with Gasteiger partial charge in [-0.15, -0.1) is 0 Å². The minimum atomic E-state index is -0.444. The molecule has 1 aliphatic rings. The highest BCUT2D eigenvalue weighted by Gasteiger charge is 2.33. The zero-order valence-corrected chi connectivity index (χ0v) is 19.5. The van der Waals surface area contributed by atoms with Gasteiger partial charge >= 0.3 is 5.97 Å². The third kappa shape index (κ3) is 2.90. The maximum Gasteiger partial charge on any atom is 0.341 e. The number of hydrogen-bond acceptors (Lipinski definition) is 4. The first kappa shape index (κ1) is 20.6. The van der Waals surface area contributed by atoms with Crippen LogP contribution in [0.5, 0.6) is 0 Å². The highest BCUT2D eigenvalue weighted by molar-refractivity contribution is 7.99. The lowest BCUT2D eigenvalue weighted by Crippen LogP contribution is -2.29. The molecule has 1 amide bonds. The van der Waals surface area contributed by atoms with Crippen LogP contribution in [0.3, 0.4) is 0 Å². The number of fused-ring (bicyclic) bond motifs is 5. The fourth-order valence-corrected chi connectivity index (χ4v) is 5.74. The second-order valence-corrected chi connectivity index (χ2v) is 9.13. The first-order valence-electron chi connectivity index (χ1n) is 11.1. The first-order valence-corrected chi connectivity index (χ1v) is 11.9. The van der Waals surface area contributed by atoms with Crippen molar-refractivity contribution < 1.29 is 14.3 Å². The summed E-state index contributed by atoms with van der Waals surface area (Å²) in [5, 5.41) is 0. The van der Waals surface area contributed by atoms with Crippen molar-refractivity contribution in [2.75, 3.05) is 11.5 Å². The van der Waals surface area contributed by atoms with Gasteiger partial charge in [-0.25, -0.2) is 4.79 Å². The molecule has 0 bridgehead atoms. The van der Waals surface area contributed by atoms with E-state index in [4.69, 9.17) is 4.74 Å². The lowest BCUT2D eigenvalue weighted by atomic mass is 10.2. The van der Waals surface area contributed by atoms with Gasteiger partial charge in [0.25, 0.3) is 5.91 Å². The maximum atomic E-state index is 14.3. The van der Waals surface area contributed by atoms with E-state index in [-0.39, 0.29) is 12.5 Å². The average Bonchev–Trinajstić information content (AvgIpc) is 3.39. The molecule has 168 valence electrons. The van der Waals surface area contributed by atoms with Gasteiger partial charge in [0.2, 0.25) is 0 Å². The summed E-state index contributed by atoms with van der Waals surface area (Å²) in [4.78, 5) is 31.0. The van der Waals surface area contributed by atoms with Crippen LogP contribution in [0.25, 0.3) is 16.7 Å². The molecule has 0 aliphatic carbocycles. The van der Waals surface area contributed by atoms with Crippen LogP contribution in [-0.2, 0) is 11.8 Å². The Kier molecular flexibility index (Phi) is 4.74. The molecule has 3 heterocycles. The van der Waals surface area contributed by atoms with Crippen LogP contribution in [0, 0.1) is 0 Å². The van der Waals surface area contributed by atoms with E-state index >= 15 is 0 Å². The van der Waals surface area contributed by atoms with Crippen LogP contribution in [-0.4, -0.2) is 27.5 Å². The number of carbonyl (C=O) groups excluding carboxylic acids is 2. The lowest BCUT2D eigenvalue weighted by molar-refractivity contribution is 0.0528. The van der Waals surface area contributed by atoms with E-state index < -0.39 is 5.97 Å². The van der Waals surface area contributed by atoms with Crippen molar-refractivity contribution in [2.45, 2.75) is 16.7 Å². The zero-order chi connectivity index (χ0) is 23.4. The Balaban J connectivity index is 1.64. The van der Waals surface area contributed by atoms with Gasteiger partial charge in [-0.05, 0) is 49.4 Å². The minimum Gasteiger partial charge on any atom is -0.462 e. The van der Waals surface area contributed by atoms with Crippen LogP contribution in [0.2, 0.25) is 0 Å². The number of nitrogens with zero attached hydrogens (tertiary/aromatic N) is 3. The number of aryl methyl sites for hydroxylation is 1. The largest absolute Gasteiger partial charge is 0.462 e. The van der Waals surface area contributed by atoms with Crippen LogP contribution in [0.1, 0.15) is 27.8 Å². The molecule has 6 nitrogen and oxygen atoms in total. The number of imidazole rings is 1. The van der Waals surface area contributed by atoms with Crippen LogP contribution in [0.15, 0.2) is 88.7 Å². The Labute approximate surface area is 200 Å². The van der Waals surface area contributed by atoms with Crippen molar-refractivity contribution in [1.82, 2.24) is 8.97 Å². The van der Waals surface area contributed by atoms with Gasteiger partial charge in [0, 0.05) is 16.8 Å². The van der Waals surface area contributed by atoms with Gasteiger partial charge in [0.1, 0.15) is 16.9 Å². The van der Waals surface area contributed by atoms with Gasteiger partial charge in [-0.1, -0.05) is 48.2 Å². The van der Waals surface area contributed by atoms with Crippen molar-refractivity contribution in [3.63, 3.8) is 0 Å². The SMILES string of the molecule is CCOC(=O)c1cc(C(=O)N2c3ccccc3Sc3ccccc32)n2c3ccccc3n(C)c12. The Morgan fingerprint density at radius 2 is 1.44 bits per heavy atom. The van der Waals surface area contributed by atoms with Crippen LogP contribution >= 0.6 is 11.8 Å². The predicted molar refractivity (Wildman–Crippen MR) is 133 cm³/mol. The lowest BCUT2D eigenvalue weighted by Gasteiger charge is -2.30. The molecule has 0 unspecified atom stereocenters. The number of para-hydroxylation sites is 4.